The molecule has 0 saturated heterocycles. The van der Waals surface area contributed by atoms with Crippen molar-refractivity contribution < 1.29 is 14.3 Å². The molecule has 16 heavy (non-hydrogen) atoms. The van der Waals surface area contributed by atoms with Gasteiger partial charge in [0.25, 0.3) is 0 Å². The Labute approximate surface area is 93.8 Å². The van der Waals surface area contributed by atoms with Gasteiger partial charge < -0.3 is 20.5 Å². The van der Waals surface area contributed by atoms with Crippen LogP contribution in [0.25, 0.3) is 0 Å². The number of carbonyl (C=O) groups excluding carboxylic acids is 1. The third-order valence-electron chi connectivity index (χ3n) is 1.77. The maximum atomic E-state index is 10.4. The summed E-state index contributed by atoms with van der Waals surface area (Å²) in [4.78, 5) is 14.5. The lowest BCUT2D eigenvalue weighted by Gasteiger charge is -2.09. The Hall–Kier alpha value is -1.82. The maximum Gasteiger partial charge on any atom is 0.243 e. The number of methoxy groups -OCH3 is 1. The van der Waals surface area contributed by atoms with E-state index in [1.807, 2.05) is 0 Å². The van der Waals surface area contributed by atoms with E-state index in [1.165, 1.54) is 0 Å². The van der Waals surface area contributed by atoms with Crippen LogP contribution in [0.3, 0.4) is 0 Å². The van der Waals surface area contributed by atoms with Crippen molar-refractivity contribution in [3.8, 4) is 5.75 Å². The molecule has 1 heterocycles. The summed E-state index contributed by atoms with van der Waals surface area (Å²) in [7, 11) is 1.58. The molecule has 0 radical (unpaired) electrons. The molecule has 88 valence electrons. The van der Waals surface area contributed by atoms with Gasteiger partial charge in [0.15, 0.2) is 11.6 Å². The molecule has 3 N–H and O–H groups in total. The van der Waals surface area contributed by atoms with Gasteiger partial charge in [0.2, 0.25) is 5.91 Å². The monoisotopic (exact) mass is 225 g/mol. The number of hydrogen-bond donors (Lipinski definition) is 2. The first kappa shape index (κ1) is 12.3. The fourth-order valence-corrected chi connectivity index (χ4v) is 1.10. The van der Waals surface area contributed by atoms with E-state index in [0.717, 1.165) is 0 Å². The second-order valence-corrected chi connectivity index (χ2v) is 3.00. The van der Waals surface area contributed by atoms with Gasteiger partial charge in [-0.25, -0.2) is 4.98 Å². The van der Waals surface area contributed by atoms with Crippen LogP contribution in [0, 0.1) is 0 Å². The lowest BCUT2D eigenvalue weighted by atomic mass is 10.4. The van der Waals surface area contributed by atoms with Crippen LogP contribution >= 0.6 is 0 Å². The van der Waals surface area contributed by atoms with Crippen LogP contribution in [0.1, 0.15) is 0 Å². The molecule has 1 aromatic heterocycles. The standard InChI is InChI=1S/C10H15N3O3/c1-15-8-3-2-4-12-10(8)13-5-6-16-7-9(11)14/h2-4H,5-7H2,1H3,(H2,11,14)(H,12,13). The Morgan fingerprint density at radius 2 is 2.44 bits per heavy atom. The van der Waals surface area contributed by atoms with Crippen molar-refractivity contribution in [1.82, 2.24) is 4.98 Å². The predicted octanol–water partition coefficient (Wildman–Crippen LogP) is 0.00400. The van der Waals surface area contributed by atoms with Crippen LogP contribution in [0.5, 0.6) is 5.75 Å². The molecular formula is C10H15N3O3. The number of anilines is 1. The number of primary amides is 1. The van der Waals surface area contributed by atoms with Crippen LogP contribution in [-0.2, 0) is 9.53 Å². The summed E-state index contributed by atoms with van der Waals surface area (Å²) in [5.74, 6) is 0.834. The lowest BCUT2D eigenvalue weighted by Crippen LogP contribution is -2.20. The number of carbonyl (C=O) groups is 1. The third-order valence-corrected chi connectivity index (χ3v) is 1.77. The van der Waals surface area contributed by atoms with Gasteiger partial charge >= 0.3 is 0 Å². The number of aromatic nitrogens is 1. The summed E-state index contributed by atoms with van der Waals surface area (Å²) in [6.45, 7) is 0.838. The first-order valence-electron chi connectivity index (χ1n) is 4.83. The largest absolute Gasteiger partial charge is 0.493 e. The van der Waals surface area contributed by atoms with Gasteiger partial charge in [-0.2, -0.15) is 0 Å². The second kappa shape index (κ2) is 6.62. The summed E-state index contributed by atoms with van der Waals surface area (Å²) >= 11 is 0. The highest BCUT2D eigenvalue weighted by Gasteiger charge is 2.01. The zero-order chi connectivity index (χ0) is 11.8. The minimum atomic E-state index is -0.476. The minimum Gasteiger partial charge on any atom is -0.493 e. The third kappa shape index (κ3) is 4.14. The van der Waals surface area contributed by atoms with Crippen molar-refractivity contribution in [2.24, 2.45) is 5.73 Å². The first-order valence-corrected chi connectivity index (χ1v) is 4.83. The van der Waals surface area contributed by atoms with Gasteiger partial charge in [0.1, 0.15) is 6.61 Å². The maximum absolute atomic E-state index is 10.4. The number of nitrogens with one attached hydrogen (secondary N) is 1. The fraction of sp³-hybridized carbons (Fsp3) is 0.400. The fourth-order valence-electron chi connectivity index (χ4n) is 1.10. The Morgan fingerprint density at radius 1 is 1.62 bits per heavy atom. The zero-order valence-corrected chi connectivity index (χ0v) is 9.10. The molecule has 0 fully saturated rings. The highest BCUT2D eigenvalue weighted by atomic mass is 16.5. The minimum absolute atomic E-state index is 0.0684. The van der Waals surface area contributed by atoms with Crippen molar-refractivity contribution in [2.75, 3.05) is 32.2 Å². The summed E-state index contributed by atoms with van der Waals surface area (Å²) in [5.41, 5.74) is 4.91. The van der Waals surface area contributed by atoms with Gasteiger partial charge in [-0.1, -0.05) is 0 Å². The summed E-state index contributed by atoms with van der Waals surface area (Å²) in [6, 6.07) is 3.59. The van der Waals surface area contributed by atoms with E-state index < -0.39 is 5.91 Å². The molecular weight excluding hydrogens is 210 g/mol. The number of ether oxygens (including phenoxy) is 2. The molecule has 1 aromatic rings. The first-order chi connectivity index (χ1) is 7.74. The molecule has 0 atom stereocenters. The Balaban J connectivity index is 2.28. The zero-order valence-electron chi connectivity index (χ0n) is 9.10. The smallest absolute Gasteiger partial charge is 0.243 e. The van der Waals surface area contributed by atoms with Crippen LogP contribution in [-0.4, -0.2) is 37.8 Å². The molecule has 0 aliphatic carbocycles. The van der Waals surface area contributed by atoms with Crippen molar-refractivity contribution >= 4 is 11.7 Å². The molecule has 0 bridgehead atoms. The quantitative estimate of drug-likeness (QED) is 0.638. The van der Waals surface area contributed by atoms with Gasteiger partial charge in [-0.3, -0.25) is 4.79 Å². The average molecular weight is 225 g/mol. The molecule has 6 heteroatoms. The highest BCUT2D eigenvalue weighted by molar-refractivity contribution is 5.74. The number of amides is 1. The van der Waals surface area contributed by atoms with Crippen LogP contribution in [0.4, 0.5) is 5.82 Å². The topological polar surface area (TPSA) is 86.5 Å². The number of nitrogens with two attached hydrogens (primary N) is 1. The Kier molecular flexibility index (Phi) is 5.07. The van der Waals surface area contributed by atoms with E-state index >= 15 is 0 Å². The number of pyridine rings is 1. The average Bonchev–Trinajstić information content (AvgIpc) is 2.29. The number of hydrogen-bond acceptors (Lipinski definition) is 5. The molecule has 0 saturated carbocycles. The summed E-state index contributed by atoms with van der Waals surface area (Å²) < 4.78 is 10.1. The summed E-state index contributed by atoms with van der Waals surface area (Å²) in [5, 5.41) is 3.02. The molecule has 0 aliphatic heterocycles. The van der Waals surface area contributed by atoms with Gasteiger partial charge in [-0.15, -0.1) is 0 Å². The van der Waals surface area contributed by atoms with E-state index in [9.17, 15) is 4.79 Å². The van der Waals surface area contributed by atoms with Crippen molar-refractivity contribution in [1.29, 1.82) is 0 Å². The van der Waals surface area contributed by atoms with Gasteiger partial charge in [0.05, 0.1) is 13.7 Å². The van der Waals surface area contributed by atoms with Crippen LogP contribution < -0.4 is 15.8 Å². The second-order valence-electron chi connectivity index (χ2n) is 3.00. The van der Waals surface area contributed by atoms with Crippen molar-refractivity contribution in [3.63, 3.8) is 0 Å². The van der Waals surface area contributed by atoms with Gasteiger partial charge in [0, 0.05) is 12.7 Å². The number of nitrogens with zero attached hydrogens (tertiary/aromatic N) is 1. The van der Waals surface area contributed by atoms with Gasteiger partial charge in [-0.05, 0) is 12.1 Å². The number of rotatable bonds is 7. The molecule has 0 unspecified atom stereocenters. The van der Waals surface area contributed by atoms with E-state index in [-0.39, 0.29) is 6.61 Å². The van der Waals surface area contributed by atoms with Crippen LogP contribution in [0.2, 0.25) is 0 Å². The van der Waals surface area contributed by atoms with E-state index in [4.69, 9.17) is 15.2 Å². The predicted molar refractivity (Wildman–Crippen MR) is 59.3 cm³/mol. The van der Waals surface area contributed by atoms with E-state index in [1.54, 1.807) is 25.4 Å². The summed E-state index contributed by atoms with van der Waals surface area (Å²) in [6.07, 6.45) is 1.66. The Morgan fingerprint density at radius 3 is 3.12 bits per heavy atom. The molecule has 6 nitrogen and oxygen atoms in total. The lowest BCUT2D eigenvalue weighted by molar-refractivity contribution is -0.122. The van der Waals surface area contributed by atoms with E-state index in [0.29, 0.717) is 24.7 Å². The molecule has 1 rings (SSSR count). The molecule has 1 amide bonds. The normalized spacial score (nSPS) is 9.81. The Bertz CT molecular complexity index is 344. The molecule has 0 aromatic carbocycles. The molecule has 0 aliphatic rings. The molecule has 0 spiro atoms. The SMILES string of the molecule is COc1cccnc1NCCOCC(N)=O. The van der Waals surface area contributed by atoms with E-state index in [2.05, 4.69) is 10.3 Å². The van der Waals surface area contributed by atoms with Crippen molar-refractivity contribution in [2.45, 2.75) is 0 Å². The highest BCUT2D eigenvalue weighted by Crippen LogP contribution is 2.19. The van der Waals surface area contributed by atoms with Crippen LogP contribution in [0.15, 0.2) is 18.3 Å². The van der Waals surface area contributed by atoms with Crippen molar-refractivity contribution in [3.05, 3.63) is 18.3 Å².